The van der Waals surface area contributed by atoms with E-state index in [0.717, 1.165) is 25.2 Å². The number of hydrogen-bond donors (Lipinski definition) is 2. The molecule has 1 heterocycles. The predicted octanol–water partition coefficient (Wildman–Crippen LogP) is 1.94. The van der Waals surface area contributed by atoms with E-state index in [4.69, 9.17) is 4.74 Å². The number of carbonyl (C=O) groups excluding carboxylic acids is 1. The van der Waals surface area contributed by atoms with Gasteiger partial charge in [0.15, 0.2) is 0 Å². The molecule has 1 atom stereocenters. The van der Waals surface area contributed by atoms with Crippen LogP contribution in [0.5, 0.6) is 0 Å². The van der Waals surface area contributed by atoms with Gasteiger partial charge in [0, 0.05) is 32.4 Å². The molecule has 0 bridgehead atoms. The number of ether oxygens (including phenoxy) is 1. The number of benzene rings is 1. The molecule has 1 amide bonds. The SMILES string of the molecule is COCC(C)CC(=O)Nc1cccc2c1CCNC2. The summed E-state index contributed by atoms with van der Waals surface area (Å²) in [6, 6.07) is 6.10. The van der Waals surface area contributed by atoms with Gasteiger partial charge >= 0.3 is 0 Å². The molecule has 104 valence electrons. The van der Waals surface area contributed by atoms with E-state index in [1.54, 1.807) is 7.11 Å². The number of carbonyl (C=O) groups is 1. The summed E-state index contributed by atoms with van der Waals surface area (Å²) in [4.78, 5) is 12.0. The van der Waals surface area contributed by atoms with Crippen molar-refractivity contribution in [2.24, 2.45) is 5.92 Å². The number of nitrogens with one attached hydrogen (secondary N) is 2. The predicted molar refractivity (Wildman–Crippen MR) is 76.1 cm³/mol. The van der Waals surface area contributed by atoms with Crippen molar-refractivity contribution in [3.63, 3.8) is 0 Å². The normalized spacial score (nSPS) is 15.7. The van der Waals surface area contributed by atoms with Crippen molar-refractivity contribution in [1.82, 2.24) is 5.32 Å². The molecular formula is C15H22N2O2. The fourth-order valence-corrected chi connectivity index (χ4v) is 2.51. The molecular weight excluding hydrogens is 240 g/mol. The molecule has 0 aliphatic carbocycles. The molecule has 0 fully saturated rings. The van der Waals surface area contributed by atoms with Crippen LogP contribution in [-0.2, 0) is 22.5 Å². The van der Waals surface area contributed by atoms with Crippen LogP contribution in [0.2, 0.25) is 0 Å². The minimum Gasteiger partial charge on any atom is -0.384 e. The summed E-state index contributed by atoms with van der Waals surface area (Å²) in [5.74, 6) is 0.308. The number of amides is 1. The molecule has 1 aromatic rings. The Kier molecular flexibility index (Phi) is 4.93. The summed E-state index contributed by atoms with van der Waals surface area (Å²) < 4.78 is 5.06. The summed E-state index contributed by atoms with van der Waals surface area (Å²) in [6.45, 7) is 4.50. The first-order valence-electron chi connectivity index (χ1n) is 6.81. The summed E-state index contributed by atoms with van der Waals surface area (Å²) in [7, 11) is 1.66. The highest BCUT2D eigenvalue weighted by molar-refractivity contribution is 5.91. The standard InChI is InChI=1S/C15H22N2O2/c1-11(10-19-2)8-15(18)17-14-5-3-4-12-9-16-7-6-13(12)14/h3-5,11,16H,6-10H2,1-2H3,(H,17,18). The van der Waals surface area contributed by atoms with Gasteiger partial charge in [-0.2, -0.15) is 0 Å². The Morgan fingerprint density at radius 2 is 2.37 bits per heavy atom. The number of fused-ring (bicyclic) bond motifs is 1. The zero-order valence-corrected chi connectivity index (χ0v) is 11.7. The second kappa shape index (κ2) is 6.68. The van der Waals surface area contributed by atoms with Crippen LogP contribution in [0.1, 0.15) is 24.5 Å². The van der Waals surface area contributed by atoms with E-state index in [2.05, 4.69) is 16.7 Å². The van der Waals surface area contributed by atoms with Gasteiger partial charge < -0.3 is 15.4 Å². The zero-order valence-electron chi connectivity index (χ0n) is 11.7. The molecule has 4 heteroatoms. The third-order valence-corrected chi connectivity index (χ3v) is 3.40. The van der Waals surface area contributed by atoms with Crippen LogP contribution in [0.3, 0.4) is 0 Å². The van der Waals surface area contributed by atoms with Crippen molar-refractivity contribution in [1.29, 1.82) is 0 Å². The summed E-state index contributed by atoms with van der Waals surface area (Å²) in [6.07, 6.45) is 1.47. The fourth-order valence-electron chi connectivity index (χ4n) is 2.51. The van der Waals surface area contributed by atoms with Crippen LogP contribution in [0.15, 0.2) is 18.2 Å². The van der Waals surface area contributed by atoms with Gasteiger partial charge in [-0.05, 0) is 36.1 Å². The molecule has 1 aliphatic rings. The van der Waals surface area contributed by atoms with Crippen molar-refractivity contribution in [3.8, 4) is 0 Å². The van der Waals surface area contributed by atoms with Gasteiger partial charge in [0.2, 0.25) is 5.91 Å². The third-order valence-electron chi connectivity index (χ3n) is 3.40. The largest absolute Gasteiger partial charge is 0.384 e. The highest BCUT2D eigenvalue weighted by Gasteiger charge is 2.15. The van der Waals surface area contributed by atoms with E-state index in [0.29, 0.717) is 13.0 Å². The first-order valence-corrected chi connectivity index (χ1v) is 6.81. The smallest absolute Gasteiger partial charge is 0.224 e. The van der Waals surface area contributed by atoms with E-state index >= 15 is 0 Å². The van der Waals surface area contributed by atoms with Crippen molar-refractivity contribution in [2.45, 2.75) is 26.3 Å². The summed E-state index contributed by atoms with van der Waals surface area (Å²) in [5, 5.41) is 6.38. The number of anilines is 1. The topological polar surface area (TPSA) is 50.4 Å². The molecule has 1 aromatic carbocycles. The summed E-state index contributed by atoms with van der Waals surface area (Å²) >= 11 is 0. The lowest BCUT2D eigenvalue weighted by atomic mass is 9.99. The Bertz CT molecular complexity index is 446. The van der Waals surface area contributed by atoms with Gasteiger partial charge in [-0.3, -0.25) is 4.79 Å². The van der Waals surface area contributed by atoms with Gasteiger partial charge in [0.1, 0.15) is 0 Å². The lowest BCUT2D eigenvalue weighted by molar-refractivity contribution is -0.117. The van der Waals surface area contributed by atoms with E-state index in [1.807, 2.05) is 19.1 Å². The van der Waals surface area contributed by atoms with Crippen LogP contribution in [-0.4, -0.2) is 26.2 Å². The Morgan fingerprint density at radius 1 is 1.53 bits per heavy atom. The molecule has 1 aliphatic heterocycles. The van der Waals surface area contributed by atoms with Crippen molar-refractivity contribution >= 4 is 11.6 Å². The van der Waals surface area contributed by atoms with Crippen LogP contribution in [0.4, 0.5) is 5.69 Å². The van der Waals surface area contributed by atoms with Crippen LogP contribution in [0.25, 0.3) is 0 Å². The molecule has 0 saturated heterocycles. The second-order valence-corrected chi connectivity index (χ2v) is 5.18. The van der Waals surface area contributed by atoms with Gasteiger partial charge in [0.25, 0.3) is 0 Å². The maximum atomic E-state index is 12.0. The van der Waals surface area contributed by atoms with Crippen LogP contribution >= 0.6 is 0 Å². The fraction of sp³-hybridized carbons (Fsp3) is 0.533. The maximum absolute atomic E-state index is 12.0. The molecule has 2 rings (SSSR count). The maximum Gasteiger partial charge on any atom is 0.224 e. The van der Waals surface area contributed by atoms with Gasteiger partial charge in [0.05, 0.1) is 0 Å². The molecule has 2 N–H and O–H groups in total. The van der Waals surface area contributed by atoms with Crippen molar-refractivity contribution in [3.05, 3.63) is 29.3 Å². The molecule has 0 spiro atoms. The Labute approximate surface area is 114 Å². The monoisotopic (exact) mass is 262 g/mol. The average molecular weight is 262 g/mol. The highest BCUT2D eigenvalue weighted by Crippen LogP contribution is 2.23. The van der Waals surface area contributed by atoms with E-state index in [-0.39, 0.29) is 11.8 Å². The minimum absolute atomic E-state index is 0.0662. The third kappa shape index (κ3) is 3.78. The number of rotatable bonds is 5. The quantitative estimate of drug-likeness (QED) is 0.852. The van der Waals surface area contributed by atoms with E-state index in [1.165, 1.54) is 11.1 Å². The average Bonchev–Trinajstić information content (AvgIpc) is 2.39. The minimum atomic E-state index is 0.0662. The molecule has 4 nitrogen and oxygen atoms in total. The molecule has 0 saturated carbocycles. The zero-order chi connectivity index (χ0) is 13.7. The van der Waals surface area contributed by atoms with E-state index in [9.17, 15) is 4.79 Å². The molecule has 19 heavy (non-hydrogen) atoms. The Hall–Kier alpha value is -1.39. The highest BCUT2D eigenvalue weighted by atomic mass is 16.5. The van der Waals surface area contributed by atoms with Crippen LogP contribution < -0.4 is 10.6 Å². The molecule has 0 radical (unpaired) electrons. The van der Waals surface area contributed by atoms with Crippen molar-refractivity contribution < 1.29 is 9.53 Å². The molecule has 0 aromatic heterocycles. The van der Waals surface area contributed by atoms with Gasteiger partial charge in [-0.25, -0.2) is 0 Å². The molecule has 1 unspecified atom stereocenters. The van der Waals surface area contributed by atoms with Gasteiger partial charge in [-0.15, -0.1) is 0 Å². The lowest BCUT2D eigenvalue weighted by Crippen LogP contribution is -2.25. The number of hydrogen-bond acceptors (Lipinski definition) is 3. The lowest BCUT2D eigenvalue weighted by Gasteiger charge is -2.21. The Morgan fingerprint density at radius 3 is 3.16 bits per heavy atom. The first-order chi connectivity index (χ1) is 9.20. The van der Waals surface area contributed by atoms with E-state index < -0.39 is 0 Å². The van der Waals surface area contributed by atoms with Crippen LogP contribution in [0, 0.1) is 5.92 Å². The Balaban J connectivity index is 2.01. The second-order valence-electron chi connectivity index (χ2n) is 5.18. The van der Waals surface area contributed by atoms with Crippen molar-refractivity contribution in [2.75, 3.05) is 25.6 Å². The summed E-state index contributed by atoms with van der Waals surface area (Å²) in [5.41, 5.74) is 3.52. The van der Waals surface area contributed by atoms with Gasteiger partial charge in [-0.1, -0.05) is 19.1 Å². The number of methoxy groups -OCH3 is 1. The first kappa shape index (κ1) is 14.0.